The van der Waals surface area contributed by atoms with Crippen molar-refractivity contribution in [2.24, 2.45) is 0 Å². The highest BCUT2D eigenvalue weighted by Gasteiger charge is 2.07. The van der Waals surface area contributed by atoms with Crippen molar-refractivity contribution in [3.05, 3.63) is 99.3 Å². The standard InChI is InChI=1S/C23H17ClFN3OS/c24-21-11-20(6-7-22(21)29-13-17-2-1-3-19(25)10-17)28-23-18(12-26-15-27-23)5-4-16-8-9-30-14-16/h1-12,14-15H,13H2,(H,26,27,28)/b5-4+. The fourth-order valence-corrected chi connectivity index (χ4v) is 3.61. The van der Waals surface area contributed by atoms with Crippen molar-refractivity contribution in [1.29, 1.82) is 0 Å². The van der Waals surface area contributed by atoms with E-state index in [2.05, 4.69) is 20.7 Å². The molecule has 0 aliphatic heterocycles. The van der Waals surface area contributed by atoms with Crippen LogP contribution >= 0.6 is 22.9 Å². The van der Waals surface area contributed by atoms with Crippen molar-refractivity contribution >= 4 is 46.6 Å². The van der Waals surface area contributed by atoms with Crippen LogP contribution in [0.1, 0.15) is 16.7 Å². The number of hydrogen-bond donors (Lipinski definition) is 1. The van der Waals surface area contributed by atoms with Crippen LogP contribution in [0.15, 0.2) is 71.8 Å². The average Bonchev–Trinajstić information content (AvgIpc) is 3.26. The van der Waals surface area contributed by atoms with Crippen LogP contribution in [0, 0.1) is 5.82 Å². The maximum atomic E-state index is 13.3. The van der Waals surface area contributed by atoms with Gasteiger partial charge in [-0.3, -0.25) is 0 Å². The van der Waals surface area contributed by atoms with Crippen molar-refractivity contribution in [1.82, 2.24) is 9.97 Å². The summed E-state index contributed by atoms with van der Waals surface area (Å²) in [7, 11) is 0. The Kier molecular flexibility index (Phi) is 6.37. The highest BCUT2D eigenvalue weighted by molar-refractivity contribution is 7.08. The quantitative estimate of drug-likeness (QED) is 0.344. The summed E-state index contributed by atoms with van der Waals surface area (Å²) in [5, 5.41) is 7.80. The molecule has 4 nitrogen and oxygen atoms in total. The number of halogens is 2. The van der Waals surface area contributed by atoms with Gasteiger partial charge in [0.05, 0.1) is 5.02 Å². The van der Waals surface area contributed by atoms with E-state index < -0.39 is 0 Å². The zero-order valence-electron chi connectivity index (χ0n) is 15.8. The highest BCUT2D eigenvalue weighted by Crippen LogP contribution is 2.30. The molecule has 2 heterocycles. The molecule has 0 unspecified atom stereocenters. The zero-order chi connectivity index (χ0) is 20.8. The van der Waals surface area contributed by atoms with Gasteiger partial charge in [0.15, 0.2) is 0 Å². The third-order valence-corrected chi connectivity index (χ3v) is 5.21. The SMILES string of the molecule is Fc1cccc(COc2ccc(Nc3ncncc3/C=C/c3ccsc3)cc2Cl)c1. The van der Waals surface area contributed by atoms with Crippen molar-refractivity contribution < 1.29 is 9.13 Å². The van der Waals surface area contributed by atoms with Crippen molar-refractivity contribution in [2.45, 2.75) is 6.61 Å². The molecule has 2 aromatic heterocycles. The van der Waals surface area contributed by atoms with Crippen LogP contribution in [-0.2, 0) is 6.61 Å². The van der Waals surface area contributed by atoms with Gasteiger partial charge in [0.1, 0.15) is 30.3 Å². The van der Waals surface area contributed by atoms with Crippen LogP contribution in [0.25, 0.3) is 12.2 Å². The molecule has 0 aliphatic rings. The van der Waals surface area contributed by atoms with Gasteiger partial charge in [-0.05, 0) is 64.4 Å². The molecular formula is C23H17ClFN3OS. The Labute approximate surface area is 182 Å². The van der Waals surface area contributed by atoms with Crippen molar-refractivity contribution in [3.8, 4) is 5.75 Å². The fourth-order valence-electron chi connectivity index (χ4n) is 2.74. The van der Waals surface area contributed by atoms with E-state index >= 15 is 0 Å². The summed E-state index contributed by atoms with van der Waals surface area (Å²) in [6, 6.07) is 13.7. The van der Waals surface area contributed by atoms with Crippen LogP contribution in [0.4, 0.5) is 15.9 Å². The summed E-state index contributed by atoms with van der Waals surface area (Å²) in [5.41, 5.74) is 3.47. The van der Waals surface area contributed by atoms with E-state index in [1.807, 2.05) is 29.7 Å². The van der Waals surface area contributed by atoms with Gasteiger partial charge in [-0.25, -0.2) is 14.4 Å². The molecule has 0 fully saturated rings. The lowest BCUT2D eigenvalue weighted by molar-refractivity contribution is 0.306. The first-order valence-corrected chi connectivity index (χ1v) is 10.4. The molecule has 4 aromatic rings. The monoisotopic (exact) mass is 437 g/mol. The minimum Gasteiger partial charge on any atom is -0.487 e. The van der Waals surface area contributed by atoms with Gasteiger partial charge in [-0.2, -0.15) is 11.3 Å². The van der Waals surface area contributed by atoms with E-state index in [0.717, 1.165) is 22.4 Å². The molecule has 0 saturated heterocycles. The van der Waals surface area contributed by atoms with Gasteiger partial charge in [0.2, 0.25) is 0 Å². The van der Waals surface area contributed by atoms with E-state index in [4.69, 9.17) is 16.3 Å². The van der Waals surface area contributed by atoms with E-state index in [1.165, 1.54) is 18.5 Å². The Bertz CT molecular complexity index is 1160. The molecule has 30 heavy (non-hydrogen) atoms. The normalized spacial score (nSPS) is 11.0. The Morgan fingerprint density at radius 2 is 2.07 bits per heavy atom. The molecule has 150 valence electrons. The third kappa shape index (κ3) is 5.23. The summed E-state index contributed by atoms with van der Waals surface area (Å²) in [5.74, 6) is 0.892. The van der Waals surface area contributed by atoms with E-state index in [1.54, 1.807) is 41.8 Å². The molecule has 0 spiro atoms. The predicted molar refractivity (Wildman–Crippen MR) is 121 cm³/mol. The number of nitrogens with zero attached hydrogens (tertiary/aromatic N) is 2. The number of benzene rings is 2. The van der Waals surface area contributed by atoms with E-state index in [0.29, 0.717) is 16.6 Å². The molecule has 0 bridgehead atoms. The van der Waals surface area contributed by atoms with Crippen molar-refractivity contribution in [2.75, 3.05) is 5.32 Å². The summed E-state index contributed by atoms with van der Waals surface area (Å²) in [6.45, 7) is 0.230. The Morgan fingerprint density at radius 1 is 1.13 bits per heavy atom. The second kappa shape index (κ2) is 9.52. The minimum atomic E-state index is -0.296. The zero-order valence-corrected chi connectivity index (χ0v) is 17.3. The number of rotatable bonds is 7. The summed E-state index contributed by atoms with van der Waals surface area (Å²) in [4.78, 5) is 8.43. The molecule has 0 aliphatic carbocycles. The summed E-state index contributed by atoms with van der Waals surface area (Å²) in [6.07, 6.45) is 7.21. The Balaban J connectivity index is 1.46. The maximum Gasteiger partial charge on any atom is 0.141 e. The first-order chi connectivity index (χ1) is 14.7. The Hall–Kier alpha value is -3.22. The molecule has 0 atom stereocenters. The summed E-state index contributed by atoms with van der Waals surface area (Å²) < 4.78 is 19.0. The summed E-state index contributed by atoms with van der Waals surface area (Å²) >= 11 is 8.02. The van der Waals surface area contributed by atoms with Gasteiger partial charge in [0, 0.05) is 17.4 Å². The lowest BCUT2D eigenvalue weighted by Gasteiger charge is -2.12. The number of ether oxygens (including phenoxy) is 1. The number of nitrogens with one attached hydrogen (secondary N) is 1. The van der Waals surface area contributed by atoms with Crippen LogP contribution in [-0.4, -0.2) is 9.97 Å². The molecule has 0 amide bonds. The molecule has 0 radical (unpaired) electrons. The molecule has 1 N–H and O–H groups in total. The van der Waals surface area contributed by atoms with Crippen LogP contribution in [0.2, 0.25) is 5.02 Å². The van der Waals surface area contributed by atoms with Gasteiger partial charge in [-0.15, -0.1) is 0 Å². The molecule has 2 aromatic carbocycles. The predicted octanol–water partition coefficient (Wildman–Crippen LogP) is 6.82. The number of anilines is 2. The van der Waals surface area contributed by atoms with Crippen LogP contribution in [0.3, 0.4) is 0 Å². The molecular weight excluding hydrogens is 421 g/mol. The molecule has 7 heteroatoms. The number of aromatic nitrogens is 2. The first-order valence-electron chi connectivity index (χ1n) is 9.11. The van der Waals surface area contributed by atoms with E-state index in [9.17, 15) is 4.39 Å². The van der Waals surface area contributed by atoms with Gasteiger partial charge in [0.25, 0.3) is 0 Å². The topological polar surface area (TPSA) is 47.0 Å². The first kappa shape index (κ1) is 20.1. The fraction of sp³-hybridized carbons (Fsp3) is 0.0435. The van der Waals surface area contributed by atoms with Gasteiger partial charge < -0.3 is 10.1 Å². The minimum absolute atomic E-state index is 0.230. The highest BCUT2D eigenvalue weighted by atomic mass is 35.5. The maximum absolute atomic E-state index is 13.3. The van der Waals surface area contributed by atoms with E-state index in [-0.39, 0.29) is 12.4 Å². The van der Waals surface area contributed by atoms with Gasteiger partial charge in [-0.1, -0.05) is 29.8 Å². The van der Waals surface area contributed by atoms with Crippen molar-refractivity contribution in [3.63, 3.8) is 0 Å². The smallest absolute Gasteiger partial charge is 0.141 e. The van der Waals surface area contributed by atoms with Crippen LogP contribution in [0.5, 0.6) is 5.75 Å². The lowest BCUT2D eigenvalue weighted by Crippen LogP contribution is -1.99. The van der Waals surface area contributed by atoms with Gasteiger partial charge >= 0.3 is 0 Å². The van der Waals surface area contributed by atoms with Crippen LogP contribution < -0.4 is 10.1 Å². The molecule has 4 rings (SSSR count). The second-order valence-electron chi connectivity index (χ2n) is 6.41. The number of thiophene rings is 1. The number of hydrogen-bond acceptors (Lipinski definition) is 5. The second-order valence-corrected chi connectivity index (χ2v) is 7.59. The largest absolute Gasteiger partial charge is 0.487 e. The average molecular weight is 438 g/mol. The Morgan fingerprint density at radius 3 is 2.87 bits per heavy atom. The third-order valence-electron chi connectivity index (χ3n) is 4.22. The lowest BCUT2D eigenvalue weighted by atomic mass is 10.2. The molecule has 0 saturated carbocycles.